The second kappa shape index (κ2) is 6.76. The largest absolute Gasteiger partial charge is 0.398 e. The topological polar surface area (TPSA) is 80.0 Å². The highest BCUT2D eigenvalue weighted by molar-refractivity contribution is 9.10. The van der Waals surface area contributed by atoms with Crippen LogP contribution in [-0.2, 0) is 4.79 Å². The van der Waals surface area contributed by atoms with Crippen molar-refractivity contribution in [2.45, 2.75) is 13.8 Å². The standard InChI is InChI=1S/C15H19BrN4O/c1-9(2)6-19-14(21)8-18-13-4-3-12(17)11-5-10(16)7-20-15(11)13/h3-5,7,9,18H,6,8,17H2,1-2H3,(H,19,21). The Morgan fingerprint density at radius 2 is 2.19 bits per heavy atom. The number of amides is 1. The van der Waals surface area contributed by atoms with Crippen LogP contribution in [0.15, 0.2) is 28.9 Å². The maximum atomic E-state index is 11.8. The molecule has 0 fully saturated rings. The quantitative estimate of drug-likeness (QED) is 0.724. The van der Waals surface area contributed by atoms with E-state index in [0.717, 1.165) is 21.1 Å². The molecule has 1 heterocycles. The van der Waals surface area contributed by atoms with E-state index in [0.29, 0.717) is 18.2 Å². The van der Waals surface area contributed by atoms with Gasteiger partial charge in [0.05, 0.1) is 17.7 Å². The smallest absolute Gasteiger partial charge is 0.239 e. The van der Waals surface area contributed by atoms with Crippen molar-refractivity contribution >= 4 is 44.1 Å². The summed E-state index contributed by atoms with van der Waals surface area (Å²) in [5, 5.41) is 6.84. The predicted octanol–water partition coefficient (Wildman–Crippen LogP) is 2.76. The molecule has 0 saturated heterocycles. The van der Waals surface area contributed by atoms with Crippen LogP contribution in [0.3, 0.4) is 0 Å². The van der Waals surface area contributed by atoms with Crippen molar-refractivity contribution < 1.29 is 4.79 Å². The third kappa shape index (κ3) is 4.07. The van der Waals surface area contributed by atoms with Crippen molar-refractivity contribution in [1.82, 2.24) is 10.3 Å². The number of halogens is 1. The molecule has 0 radical (unpaired) electrons. The average Bonchev–Trinajstić information content (AvgIpc) is 2.45. The predicted molar refractivity (Wildman–Crippen MR) is 90.2 cm³/mol. The van der Waals surface area contributed by atoms with Gasteiger partial charge in [-0.05, 0) is 40.0 Å². The summed E-state index contributed by atoms with van der Waals surface area (Å²) in [7, 11) is 0. The van der Waals surface area contributed by atoms with E-state index in [2.05, 4.69) is 45.4 Å². The number of rotatable bonds is 5. The molecule has 0 spiro atoms. The molecule has 2 aromatic rings. The van der Waals surface area contributed by atoms with E-state index in [-0.39, 0.29) is 12.5 Å². The summed E-state index contributed by atoms with van der Waals surface area (Å²) < 4.78 is 0.869. The number of carbonyl (C=O) groups excluding carboxylic acids is 1. The Balaban J connectivity index is 2.12. The number of nitrogens with zero attached hydrogens (tertiary/aromatic N) is 1. The lowest BCUT2D eigenvalue weighted by Gasteiger charge is -2.12. The Morgan fingerprint density at radius 3 is 2.90 bits per heavy atom. The number of nitrogen functional groups attached to an aromatic ring is 1. The van der Waals surface area contributed by atoms with Gasteiger partial charge in [0.25, 0.3) is 0 Å². The zero-order valence-electron chi connectivity index (χ0n) is 12.1. The molecular weight excluding hydrogens is 332 g/mol. The first-order chi connectivity index (χ1) is 9.97. The summed E-state index contributed by atoms with van der Waals surface area (Å²) in [4.78, 5) is 16.1. The molecule has 21 heavy (non-hydrogen) atoms. The van der Waals surface area contributed by atoms with Crippen LogP contribution in [0.1, 0.15) is 13.8 Å². The molecule has 0 aliphatic carbocycles. The van der Waals surface area contributed by atoms with Crippen molar-refractivity contribution in [3.05, 3.63) is 28.9 Å². The lowest BCUT2D eigenvalue weighted by Crippen LogP contribution is -2.32. The number of hydrogen-bond donors (Lipinski definition) is 3. The van der Waals surface area contributed by atoms with Gasteiger partial charge in [-0.15, -0.1) is 0 Å². The lowest BCUT2D eigenvalue weighted by atomic mass is 10.1. The van der Waals surface area contributed by atoms with E-state index in [1.165, 1.54) is 0 Å². The normalized spacial score (nSPS) is 10.9. The molecule has 0 bridgehead atoms. The molecular formula is C15H19BrN4O. The maximum Gasteiger partial charge on any atom is 0.239 e. The van der Waals surface area contributed by atoms with Gasteiger partial charge in [0.15, 0.2) is 0 Å². The Morgan fingerprint density at radius 1 is 1.43 bits per heavy atom. The summed E-state index contributed by atoms with van der Waals surface area (Å²) >= 11 is 3.38. The van der Waals surface area contributed by atoms with Gasteiger partial charge in [0.2, 0.25) is 5.91 Å². The highest BCUT2D eigenvalue weighted by Gasteiger charge is 2.08. The third-order valence-electron chi connectivity index (χ3n) is 3.00. The first kappa shape index (κ1) is 15.6. The second-order valence-corrected chi connectivity index (χ2v) is 6.22. The van der Waals surface area contributed by atoms with Crippen LogP contribution < -0.4 is 16.4 Å². The van der Waals surface area contributed by atoms with E-state index >= 15 is 0 Å². The number of aromatic nitrogens is 1. The number of fused-ring (bicyclic) bond motifs is 1. The lowest BCUT2D eigenvalue weighted by molar-refractivity contribution is -0.119. The summed E-state index contributed by atoms with van der Waals surface area (Å²) in [5.41, 5.74) is 8.18. The molecule has 6 heteroatoms. The van der Waals surface area contributed by atoms with Gasteiger partial charge >= 0.3 is 0 Å². The van der Waals surface area contributed by atoms with Crippen molar-refractivity contribution in [1.29, 1.82) is 0 Å². The van der Waals surface area contributed by atoms with Crippen LogP contribution in [0.4, 0.5) is 11.4 Å². The monoisotopic (exact) mass is 350 g/mol. The molecule has 4 N–H and O–H groups in total. The molecule has 112 valence electrons. The number of benzene rings is 1. The fourth-order valence-corrected chi connectivity index (χ4v) is 2.25. The van der Waals surface area contributed by atoms with Crippen LogP contribution in [-0.4, -0.2) is 24.0 Å². The number of hydrogen-bond acceptors (Lipinski definition) is 4. The number of nitrogens with one attached hydrogen (secondary N) is 2. The fraction of sp³-hybridized carbons (Fsp3) is 0.333. The highest BCUT2D eigenvalue weighted by atomic mass is 79.9. The number of pyridine rings is 1. The van der Waals surface area contributed by atoms with Crippen LogP contribution in [0.5, 0.6) is 0 Å². The van der Waals surface area contributed by atoms with Crippen molar-refractivity contribution in [3.8, 4) is 0 Å². The van der Waals surface area contributed by atoms with E-state index in [4.69, 9.17) is 5.73 Å². The SMILES string of the molecule is CC(C)CNC(=O)CNc1ccc(N)c2cc(Br)cnc12. The zero-order valence-corrected chi connectivity index (χ0v) is 13.7. The van der Waals surface area contributed by atoms with Crippen LogP contribution >= 0.6 is 15.9 Å². The van der Waals surface area contributed by atoms with Gasteiger partial charge in [0, 0.05) is 28.3 Å². The zero-order chi connectivity index (χ0) is 15.4. The minimum Gasteiger partial charge on any atom is -0.398 e. The molecule has 1 aromatic heterocycles. The van der Waals surface area contributed by atoms with Crippen LogP contribution in [0, 0.1) is 5.92 Å². The third-order valence-corrected chi connectivity index (χ3v) is 3.43. The van der Waals surface area contributed by atoms with Gasteiger partial charge < -0.3 is 16.4 Å². The highest BCUT2D eigenvalue weighted by Crippen LogP contribution is 2.28. The van der Waals surface area contributed by atoms with E-state index in [1.807, 2.05) is 18.2 Å². The summed E-state index contributed by atoms with van der Waals surface area (Å²) in [6, 6.07) is 5.57. The minimum absolute atomic E-state index is 0.0363. The fourth-order valence-electron chi connectivity index (χ4n) is 1.91. The second-order valence-electron chi connectivity index (χ2n) is 5.30. The summed E-state index contributed by atoms with van der Waals surface area (Å²) in [6.45, 7) is 5.00. The summed E-state index contributed by atoms with van der Waals surface area (Å²) in [5.74, 6) is 0.399. The molecule has 2 rings (SSSR count). The first-order valence-corrected chi connectivity index (χ1v) is 7.61. The van der Waals surface area contributed by atoms with Gasteiger partial charge in [0.1, 0.15) is 0 Å². The van der Waals surface area contributed by atoms with Gasteiger partial charge in [-0.3, -0.25) is 9.78 Å². The Bertz CT molecular complexity index is 657. The van der Waals surface area contributed by atoms with Crippen LogP contribution in [0.2, 0.25) is 0 Å². The van der Waals surface area contributed by atoms with Gasteiger partial charge in [-0.25, -0.2) is 0 Å². The summed E-state index contributed by atoms with van der Waals surface area (Å²) in [6.07, 6.45) is 1.71. The molecule has 0 aliphatic rings. The van der Waals surface area contributed by atoms with E-state index in [9.17, 15) is 4.79 Å². The van der Waals surface area contributed by atoms with Crippen molar-refractivity contribution in [2.75, 3.05) is 24.1 Å². The first-order valence-electron chi connectivity index (χ1n) is 6.81. The molecule has 1 aromatic carbocycles. The maximum absolute atomic E-state index is 11.8. The Labute approximate surface area is 132 Å². The Hall–Kier alpha value is -1.82. The Kier molecular flexibility index (Phi) is 5.01. The molecule has 0 atom stereocenters. The van der Waals surface area contributed by atoms with Gasteiger partial charge in [-0.1, -0.05) is 13.8 Å². The van der Waals surface area contributed by atoms with Gasteiger partial charge in [-0.2, -0.15) is 0 Å². The van der Waals surface area contributed by atoms with Crippen molar-refractivity contribution in [3.63, 3.8) is 0 Å². The van der Waals surface area contributed by atoms with Crippen molar-refractivity contribution in [2.24, 2.45) is 5.92 Å². The molecule has 1 amide bonds. The van der Waals surface area contributed by atoms with E-state index < -0.39 is 0 Å². The number of nitrogens with two attached hydrogens (primary N) is 1. The molecule has 0 saturated carbocycles. The minimum atomic E-state index is -0.0363. The molecule has 5 nitrogen and oxygen atoms in total. The van der Waals surface area contributed by atoms with Crippen LogP contribution in [0.25, 0.3) is 10.9 Å². The number of anilines is 2. The average molecular weight is 351 g/mol. The molecule has 0 aliphatic heterocycles. The molecule has 0 unspecified atom stereocenters. The number of carbonyl (C=O) groups is 1. The van der Waals surface area contributed by atoms with E-state index in [1.54, 1.807) is 6.20 Å².